The van der Waals surface area contributed by atoms with Crippen molar-refractivity contribution in [1.29, 1.82) is 0 Å². The minimum absolute atomic E-state index is 0.315. The van der Waals surface area contributed by atoms with Crippen LogP contribution in [0.4, 0.5) is 15.1 Å². The predicted octanol–water partition coefficient (Wildman–Crippen LogP) is 4.24. The number of nitrogens with zero attached hydrogens (tertiary/aromatic N) is 2. The number of nitrogen functional groups attached to an aromatic ring is 1. The monoisotopic (exact) mass is 269 g/mol. The number of hydrogen-bond acceptors (Lipinski definition) is 3. The lowest BCUT2D eigenvalue weighted by atomic mass is 10.1. The smallest absolute Gasteiger partial charge is 0.265 e. The van der Waals surface area contributed by atoms with Crippen LogP contribution in [0.25, 0.3) is 26.3 Å². The van der Waals surface area contributed by atoms with E-state index in [1.165, 1.54) is 17.4 Å². The second kappa shape index (κ2) is 4.34. The molecule has 0 unspecified atom stereocenters. The molecule has 0 atom stereocenters. The van der Waals surface area contributed by atoms with Crippen molar-refractivity contribution in [2.24, 2.45) is 0 Å². The zero-order valence-corrected chi connectivity index (χ0v) is 10.5. The zero-order chi connectivity index (χ0) is 13.4. The van der Waals surface area contributed by atoms with E-state index in [0.717, 1.165) is 5.39 Å². The number of fused-ring (bicyclic) bond motifs is 1. The van der Waals surface area contributed by atoms with E-state index >= 15 is 0 Å². The fourth-order valence-electron chi connectivity index (χ4n) is 1.89. The highest BCUT2D eigenvalue weighted by Crippen LogP contribution is 2.40. The second-order valence-corrected chi connectivity index (χ2v) is 4.94. The lowest BCUT2D eigenvalue weighted by Gasteiger charge is -2.02. The first kappa shape index (κ1) is 11.6. The average Bonchev–Trinajstić information content (AvgIpc) is 2.75. The average molecular weight is 269 g/mol. The van der Waals surface area contributed by atoms with Crippen LogP contribution >= 0.6 is 11.3 Å². The van der Waals surface area contributed by atoms with E-state index in [1.807, 2.05) is 0 Å². The molecule has 2 heterocycles. The maximum atomic E-state index is 13.7. The van der Waals surface area contributed by atoms with E-state index in [1.54, 1.807) is 30.3 Å². The highest BCUT2D eigenvalue weighted by Gasteiger charge is 2.12. The quantitative estimate of drug-likeness (QED) is 0.671. The topological polar surface area (TPSA) is 43.3 Å². The van der Waals surface area contributed by atoms with Gasteiger partial charge >= 0.3 is 0 Å². The van der Waals surface area contributed by atoms with Crippen LogP contribution in [0.3, 0.4) is 0 Å². The molecule has 3 rings (SSSR count). The van der Waals surface area contributed by atoms with Crippen LogP contribution in [-0.2, 0) is 0 Å². The third-order valence-corrected chi connectivity index (χ3v) is 3.83. The number of rotatable bonds is 1. The van der Waals surface area contributed by atoms with Crippen molar-refractivity contribution in [2.45, 2.75) is 0 Å². The summed E-state index contributed by atoms with van der Waals surface area (Å²) in [5.41, 5.74) is 7.29. The molecule has 3 nitrogen and oxygen atoms in total. The molecule has 0 saturated heterocycles. The Bertz CT molecular complexity index is 817. The number of aromatic nitrogens is 1. The molecule has 0 amide bonds. The van der Waals surface area contributed by atoms with Gasteiger partial charge in [0.15, 0.2) is 0 Å². The number of benzene rings is 1. The van der Waals surface area contributed by atoms with Crippen LogP contribution in [-0.4, -0.2) is 4.98 Å². The summed E-state index contributed by atoms with van der Waals surface area (Å²) in [5.74, 6) is -0.315. The van der Waals surface area contributed by atoms with Gasteiger partial charge in [-0.1, -0.05) is 12.1 Å². The van der Waals surface area contributed by atoms with Crippen LogP contribution in [0.15, 0.2) is 36.4 Å². The van der Waals surface area contributed by atoms with Gasteiger partial charge in [-0.25, -0.2) is 14.2 Å². The van der Waals surface area contributed by atoms with Gasteiger partial charge in [0.1, 0.15) is 10.6 Å². The highest BCUT2D eigenvalue weighted by molar-refractivity contribution is 7.23. The van der Waals surface area contributed by atoms with E-state index in [9.17, 15) is 4.39 Å². The van der Waals surface area contributed by atoms with Gasteiger partial charge in [0.2, 0.25) is 0 Å². The summed E-state index contributed by atoms with van der Waals surface area (Å²) in [4.78, 5) is 8.40. The molecular formula is C14H8FN3S. The van der Waals surface area contributed by atoms with Gasteiger partial charge in [-0.15, -0.1) is 11.3 Å². The Morgan fingerprint density at radius 1 is 1.21 bits per heavy atom. The van der Waals surface area contributed by atoms with E-state index < -0.39 is 0 Å². The Labute approximate surface area is 113 Å². The molecule has 0 aliphatic rings. The van der Waals surface area contributed by atoms with Gasteiger partial charge < -0.3 is 5.73 Å². The molecule has 3 aromatic rings. The molecule has 2 N–H and O–H groups in total. The first-order chi connectivity index (χ1) is 9.20. The largest absolute Gasteiger partial charge is 0.406 e. The standard InChI is InChI=1S/C14H8FN3S/c1-17-14-12(16)9-6-7-11(18-13(9)19-14)8-4-2-3-5-10(8)15/h2-7H,16H2. The molecule has 92 valence electrons. The minimum atomic E-state index is -0.315. The van der Waals surface area contributed by atoms with Crippen molar-refractivity contribution >= 4 is 32.2 Å². The molecule has 5 heteroatoms. The molecule has 2 aromatic heterocycles. The van der Waals surface area contributed by atoms with Crippen LogP contribution in [0, 0.1) is 12.4 Å². The zero-order valence-electron chi connectivity index (χ0n) is 9.72. The van der Waals surface area contributed by atoms with Gasteiger partial charge in [-0.2, -0.15) is 0 Å². The first-order valence-corrected chi connectivity index (χ1v) is 6.33. The lowest BCUT2D eigenvalue weighted by Crippen LogP contribution is -1.88. The van der Waals surface area contributed by atoms with Crippen molar-refractivity contribution in [2.75, 3.05) is 5.73 Å². The van der Waals surface area contributed by atoms with Gasteiger partial charge in [-0.3, -0.25) is 0 Å². The maximum absolute atomic E-state index is 13.7. The number of thiophene rings is 1. The highest BCUT2D eigenvalue weighted by atomic mass is 32.1. The number of anilines is 1. The normalized spacial score (nSPS) is 10.5. The number of hydrogen-bond donors (Lipinski definition) is 1. The van der Waals surface area contributed by atoms with Crippen LogP contribution < -0.4 is 5.73 Å². The fraction of sp³-hybridized carbons (Fsp3) is 0. The van der Waals surface area contributed by atoms with E-state index in [-0.39, 0.29) is 5.82 Å². The molecule has 0 aliphatic carbocycles. The molecule has 0 saturated carbocycles. The molecule has 0 aliphatic heterocycles. The summed E-state index contributed by atoms with van der Waals surface area (Å²) in [6, 6.07) is 9.97. The third kappa shape index (κ3) is 1.83. The van der Waals surface area contributed by atoms with Crippen molar-refractivity contribution in [3.05, 3.63) is 53.6 Å². The van der Waals surface area contributed by atoms with Crippen molar-refractivity contribution in [3.8, 4) is 11.3 Å². The Morgan fingerprint density at radius 3 is 2.74 bits per heavy atom. The molecular weight excluding hydrogens is 261 g/mol. The SMILES string of the molecule is [C-]#[N+]c1sc2nc(-c3ccccc3F)ccc2c1N. The van der Waals surface area contributed by atoms with Gasteiger partial charge in [-0.05, 0) is 24.3 Å². The second-order valence-electron chi connectivity index (χ2n) is 3.96. The molecule has 0 spiro atoms. The van der Waals surface area contributed by atoms with Crippen LogP contribution in [0.5, 0.6) is 0 Å². The van der Waals surface area contributed by atoms with Gasteiger partial charge in [0.25, 0.3) is 5.00 Å². The first-order valence-electron chi connectivity index (χ1n) is 5.52. The summed E-state index contributed by atoms with van der Waals surface area (Å²) in [7, 11) is 0. The van der Waals surface area contributed by atoms with Crippen LogP contribution in [0.1, 0.15) is 0 Å². The summed E-state index contributed by atoms with van der Waals surface area (Å²) >= 11 is 1.23. The summed E-state index contributed by atoms with van der Waals surface area (Å²) in [6.45, 7) is 7.04. The minimum Gasteiger partial charge on any atom is -0.406 e. The number of halogens is 1. The lowest BCUT2D eigenvalue weighted by molar-refractivity contribution is 0.631. The van der Waals surface area contributed by atoms with Crippen molar-refractivity contribution < 1.29 is 4.39 Å². The Kier molecular flexibility index (Phi) is 2.65. The predicted molar refractivity (Wildman–Crippen MR) is 75.7 cm³/mol. The molecule has 0 fully saturated rings. The van der Waals surface area contributed by atoms with Crippen molar-refractivity contribution in [3.63, 3.8) is 0 Å². The Hall–Kier alpha value is -2.45. The molecule has 0 radical (unpaired) electrons. The molecule has 19 heavy (non-hydrogen) atoms. The fourth-order valence-corrected chi connectivity index (χ4v) is 2.77. The third-order valence-electron chi connectivity index (χ3n) is 2.83. The molecule has 1 aromatic carbocycles. The number of pyridine rings is 1. The van der Waals surface area contributed by atoms with E-state index in [2.05, 4.69) is 9.83 Å². The van der Waals surface area contributed by atoms with Crippen molar-refractivity contribution in [1.82, 2.24) is 4.98 Å². The Morgan fingerprint density at radius 2 is 2.00 bits per heavy atom. The van der Waals surface area contributed by atoms with Crippen LogP contribution in [0.2, 0.25) is 0 Å². The Balaban J connectivity index is 2.23. The summed E-state index contributed by atoms with van der Waals surface area (Å²) < 4.78 is 13.7. The molecule has 0 bridgehead atoms. The summed E-state index contributed by atoms with van der Waals surface area (Å²) in [6.07, 6.45) is 0. The van der Waals surface area contributed by atoms with Gasteiger partial charge in [0.05, 0.1) is 18.0 Å². The van der Waals surface area contributed by atoms with E-state index in [4.69, 9.17) is 12.3 Å². The summed E-state index contributed by atoms with van der Waals surface area (Å²) in [5, 5.41) is 1.17. The van der Waals surface area contributed by atoms with E-state index in [0.29, 0.717) is 26.8 Å². The number of nitrogens with two attached hydrogens (primary N) is 1. The maximum Gasteiger partial charge on any atom is 0.265 e. The van der Waals surface area contributed by atoms with Gasteiger partial charge in [0, 0.05) is 10.9 Å².